The van der Waals surface area contributed by atoms with Crippen LogP contribution in [0.5, 0.6) is 0 Å². The fourth-order valence-corrected chi connectivity index (χ4v) is 1.97. The molecular formula is C9H15N5O2. The smallest absolute Gasteiger partial charge is 0.153 e. The number of hydrogen-bond acceptors (Lipinski definition) is 5. The van der Waals surface area contributed by atoms with Crippen LogP contribution in [0, 0.1) is 0 Å². The van der Waals surface area contributed by atoms with Crippen LogP contribution in [0.1, 0.15) is 6.04 Å². The van der Waals surface area contributed by atoms with Gasteiger partial charge in [0.2, 0.25) is 0 Å². The third-order valence-corrected chi connectivity index (χ3v) is 2.71. The fraction of sp³-hybridized carbons (Fsp3) is 0.556. The lowest BCUT2D eigenvalue weighted by atomic mass is 10.2. The highest BCUT2D eigenvalue weighted by molar-refractivity contribution is 5.81. The number of likely N-dealkylation sites (tertiary alicyclic amines) is 1. The van der Waals surface area contributed by atoms with Crippen LogP contribution < -0.4 is 5.73 Å². The Hall–Kier alpha value is -1.60. The first-order chi connectivity index (χ1) is 7.70. The number of nitrogens with two attached hydrogens (primary N) is 1. The molecule has 0 saturated carbocycles. The van der Waals surface area contributed by atoms with Gasteiger partial charge in [0.25, 0.3) is 0 Å². The third kappa shape index (κ3) is 2.15. The predicted molar refractivity (Wildman–Crippen MR) is 57.1 cm³/mol. The van der Waals surface area contributed by atoms with Crippen molar-refractivity contribution in [2.24, 2.45) is 10.9 Å². The van der Waals surface area contributed by atoms with Crippen LogP contribution in [0.25, 0.3) is 0 Å². The summed E-state index contributed by atoms with van der Waals surface area (Å²) in [5.74, 6) is 0.147. The maximum atomic E-state index is 9.87. The average Bonchev–Trinajstić information content (AvgIpc) is 2.87. The van der Waals surface area contributed by atoms with E-state index in [0.29, 0.717) is 19.6 Å². The number of nitrogens with zero attached hydrogens (tertiary/aromatic N) is 4. The monoisotopic (exact) mass is 225 g/mol. The Balaban J connectivity index is 1.99. The minimum atomic E-state index is -0.480. The van der Waals surface area contributed by atoms with Gasteiger partial charge in [0.15, 0.2) is 5.84 Å². The lowest BCUT2D eigenvalue weighted by molar-refractivity contribution is 0.140. The third-order valence-electron chi connectivity index (χ3n) is 2.71. The molecule has 7 heteroatoms. The van der Waals surface area contributed by atoms with E-state index < -0.39 is 6.10 Å². The molecule has 0 unspecified atom stereocenters. The molecule has 2 rings (SSSR count). The number of aliphatic hydroxyl groups excluding tert-OH is 1. The molecule has 1 aliphatic heterocycles. The fourth-order valence-electron chi connectivity index (χ4n) is 1.97. The van der Waals surface area contributed by atoms with E-state index in [4.69, 9.17) is 10.9 Å². The van der Waals surface area contributed by atoms with E-state index in [2.05, 4.69) is 10.3 Å². The molecule has 0 amide bonds. The minimum absolute atomic E-state index is 0.0681. The molecule has 0 spiro atoms. The first-order valence-corrected chi connectivity index (χ1v) is 5.06. The lowest BCUT2D eigenvalue weighted by Gasteiger charge is -2.14. The molecule has 0 bridgehead atoms. The Bertz CT molecular complexity index is 364. The van der Waals surface area contributed by atoms with Crippen LogP contribution in [0.15, 0.2) is 23.6 Å². The zero-order chi connectivity index (χ0) is 11.5. The summed E-state index contributed by atoms with van der Waals surface area (Å²) in [6.07, 6.45) is 3.02. The molecular weight excluding hydrogens is 210 g/mol. The second-order valence-electron chi connectivity index (χ2n) is 3.91. The van der Waals surface area contributed by atoms with Crippen LogP contribution in [0.3, 0.4) is 0 Å². The van der Waals surface area contributed by atoms with Crippen molar-refractivity contribution in [1.82, 2.24) is 14.7 Å². The van der Waals surface area contributed by atoms with E-state index in [0.717, 1.165) is 0 Å². The van der Waals surface area contributed by atoms with Gasteiger partial charge in [-0.3, -0.25) is 9.58 Å². The molecule has 1 saturated heterocycles. The standard InChI is InChI=1S/C9H15N5O2/c10-9(12-16)6-13-4-7(8(15)5-13)14-3-1-2-11-14/h1-3,7-8,15-16H,4-6H2,(H2,10,12)/t7-,8+/m1/s1. The quantitative estimate of drug-likeness (QED) is 0.261. The summed E-state index contributed by atoms with van der Waals surface area (Å²) < 4.78 is 1.73. The number of rotatable bonds is 3. The Morgan fingerprint density at radius 3 is 3.00 bits per heavy atom. The summed E-state index contributed by atoms with van der Waals surface area (Å²) >= 11 is 0. The van der Waals surface area contributed by atoms with Gasteiger partial charge in [0.1, 0.15) is 0 Å². The molecule has 1 fully saturated rings. The molecule has 2 heterocycles. The van der Waals surface area contributed by atoms with E-state index in [9.17, 15) is 5.11 Å². The first-order valence-electron chi connectivity index (χ1n) is 5.06. The molecule has 2 atom stereocenters. The summed E-state index contributed by atoms with van der Waals surface area (Å²) in [5, 5.41) is 25.4. The Morgan fingerprint density at radius 1 is 1.56 bits per heavy atom. The van der Waals surface area contributed by atoms with Crippen molar-refractivity contribution in [3.63, 3.8) is 0 Å². The van der Waals surface area contributed by atoms with Crippen LogP contribution in [-0.2, 0) is 0 Å². The molecule has 1 aliphatic rings. The number of oxime groups is 1. The maximum Gasteiger partial charge on any atom is 0.153 e. The number of hydrogen-bond donors (Lipinski definition) is 3. The molecule has 7 nitrogen and oxygen atoms in total. The summed E-state index contributed by atoms with van der Waals surface area (Å²) in [7, 11) is 0. The van der Waals surface area contributed by atoms with Crippen molar-refractivity contribution >= 4 is 5.84 Å². The highest BCUT2D eigenvalue weighted by Gasteiger charge is 2.33. The van der Waals surface area contributed by atoms with Gasteiger partial charge in [0.05, 0.1) is 18.7 Å². The average molecular weight is 225 g/mol. The zero-order valence-corrected chi connectivity index (χ0v) is 8.77. The van der Waals surface area contributed by atoms with Crippen LogP contribution >= 0.6 is 0 Å². The van der Waals surface area contributed by atoms with Crippen molar-refractivity contribution < 1.29 is 10.3 Å². The van der Waals surface area contributed by atoms with Crippen molar-refractivity contribution in [3.05, 3.63) is 18.5 Å². The number of amidine groups is 1. The highest BCUT2D eigenvalue weighted by atomic mass is 16.4. The highest BCUT2D eigenvalue weighted by Crippen LogP contribution is 2.20. The van der Waals surface area contributed by atoms with E-state index in [-0.39, 0.29) is 11.9 Å². The maximum absolute atomic E-state index is 9.87. The van der Waals surface area contributed by atoms with Crippen LogP contribution in [0.4, 0.5) is 0 Å². The largest absolute Gasteiger partial charge is 0.409 e. The SMILES string of the molecule is NC(CN1C[C@@H](n2cccn2)[C@@H](O)C1)=NO. The van der Waals surface area contributed by atoms with Gasteiger partial charge in [-0.2, -0.15) is 5.10 Å². The molecule has 1 aromatic heterocycles. The Kier molecular flexibility index (Phi) is 3.07. The predicted octanol–water partition coefficient (Wildman–Crippen LogP) is -1.15. The molecule has 0 aliphatic carbocycles. The second-order valence-corrected chi connectivity index (χ2v) is 3.91. The molecule has 88 valence electrons. The van der Waals surface area contributed by atoms with E-state index >= 15 is 0 Å². The number of aliphatic hydroxyl groups is 1. The normalized spacial score (nSPS) is 27.4. The van der Waals surface area contributed by atoms with Gasteiger partial charge in [-0.05, 0) is 6.07 Å². The van der Waals surface area contributed by atoms with Crippen molar-refractivity contribution in [2.45, 2.75) is 12.1 Å². The lowest BCUT2D eigenvalue weighted by Crippen LogP contribution is -2.33. The number of β-amino-alcohol motifs (C(OH)–C–C–N with tert-alkyl or cyclic N) is 1. The van der Waals surface area contributed by atoms with Crippen molar-refractivity contribution in [3.8, 4) is 0 Å². The van der Waals surface area contributed by atoms with Gasteiger partial charge in [-0.15, -0.1) is 0 Å². The summed E-state index contributed by atoms with van der Waals surface area (Å²) in [6.45, 7) is 1.49. The molecule has 16 heavy (non-hydrogen) atoms. The van der Waals surface area contributed by atoms with Crippen LogP contribution in [0.2, 0.25) is 0 Å². The van der Waals surface area contributed by atoms with Gasteiger partial charge in [0, 0.05) is 25.5 Å². The van der Waals surface area contributed by atoms with Crippen LogP contribution in [-0.4, -0.2) is 56.6 Å². The molecule has 4 N–H and O–H groups in total. The molecule has 1 aromatic rings. The summed E-state index contributed by atoms with van der Waals surface area (Å²) in [5.41, 5.74) is 5.42. The summed E-state index contributed by atoms with van der Waals surface area (Å²) in [4.78, 5) is 1.92. The van der Waals surface area contributed by atoms with E-state index in [1.165, 1.54) is 0 Å². The van der Waals surface area contributed by atoms with Crippen molar-refractivity contribution in [2.75, 3.05) is 19.6 Å². The van der Waals surface area contributed by atoms with Gasteiger partial charge >= 0.3 is 0 Å². The van der Waals surface area contributed by atoms with E-state index in [1.807, 2.05) is 17.2 Å². The van der Waals surface area contributed by atoms with Gasteiger partial charge in [-0.25, -0.2) is 0 Å². The minimum Gasteiger partial charge on any atom is -0.409 e. The van der Waals surface area contributed by atoms with Gasteiger partial charge in [-0.1, -0.05) is 5.16 Å². The van der Waals surface area contributed by atoms with Gasteiger partial charge < -0.3 is 16.0 Å². The number of aromatic nitrogens is 2. The topological polar surface area (TPSA) is 99.9 Å². The van der Waals surface area contributed by atoms with Crippen molar-refractivity contribution in [1.29, 1.82) is 0 Å². The second kappa shape index (κ2) is 4.50. The van der Waals surface area contributed by atoms with E-state index in [1.54, 1.807) is 10.9 Å². The zero-order valence-electron chi connectivity index (χ0n) is 8.77. The molecule has 0 radical (unpaired) electrons. The Morgan fingerprint density at radius 2 is 2.38 bits per heavy atom. The first kappa shape index (κ1) is 10.9. The molecule has 0 aromatic carbocycles. The Labute approximate surface area is 92.8 Å². The summed E-state index contributed by atoms with van der Waals surface area (Å²) in [6, 6.07) is 1.75.